The van der Waals surface area contributed by atoms with Gasteiger partial charge in [-0.1, -0.05) is 43.9 Å². The van der Waals surface area contributed by atoms with E-state index in [0.717, 1.165) is 11.1 Å². The molecule has 0 aromatic heterocycles. The minimum atomic E-state index is -3.25. The van der Waals surface area contributed by atoms with Crippen LogP contribution in [0.15, 0.2) is 24.3 Å². The Kier molecular flexibility index (Phi) is 7.44. The van der Waals surface area contributed by atoms with Crippen molar-refractivity contribution in [3.63, 3.8) is 0 Å². The topological polar surface area (TPSA) is 66.4 Å². The Labute approximate surface area is 127 Å². The summed E-state index contributed by atoms with van der Waals surface area (Å²) < 4.78 is 26.4. The Balaban J connectivity index is 2.69. The van der Waals surface area contributed by atoms with Crippen molar-refractivity contribution in [2.24, 2.45) is 5.92 Å². The van der Waals surface area contributed by atoms with Crippen molar-refractivity contribution in [1.29, 1.82) is 0 Å². The zero-order chi connectivity index (χ0) is 15.7. The van der Waals surface area contributed by atoms with E-state index in [2.05, 4.69) is 16.6 Å². The van der Waals surface area contributed by atoms with Gasteiger partial charge >= 0.3 is 0 Å². The molecule has 0 bridgehead atoms. The average Bonchev–Trinajstić information content (AvgIpc) is 2.45. The van der Waals surface area contributed by atoms with Gasteiger partial charge in [0.25, 0.3) is 0 Å². The molecule has 0 aliphatic carbocycles. The number of aliphatic hydroxyl groups is 1. The quantitative estimate of drug-likeness (QED) is 0.756. The Bertz CT molecular complexity index is 597. The lowest BCUT2D eigenvalue weighted by molar-refractivity contribution is 0.305. The molecule has 0 spiro atoms. The lowest BCUT2D eigenvalue weighted by Crippen LogP contribution is -2.26. The molecular weight excluding hydrogens is 286 g/mol. The predicted octanol–water partition coefficient (Wildman–Crippen LogP) is 1.89. The van der Waals surface area contributed by atoms with E-state index in [1.54, 1.807) is 0 Å². The largest absolute Gasteiger partial charge is 0.395 e. The van der Waals surface area contributed by atoms with E-state index in [0.29, 0.717) is 18.8 Å². The summed E-state index contributed by atoms with van der Waals surface area (Å²) >= 11 is 0. The van der Waals surface area contributed by atoms with Gasteiger partial charge in [0, 0.05) is 18.5 Å². The van der Waals surface area contributed by atoms with Crippen LogP contribution in [-0.2, 0) is 16.6 Å². The second-order valence-electron chi connectivity index (χ2n) is 5.26. The molecule has 0 fully saturated rings. The first-order valence-corrected chi connectivity index (χ1v) is 8.75. The minimum Gasteiger partial charge on any atom is -0.395 e. The van der Waals surface area contributed by atoms with E-state index in [1.165, 1.54) is 0 Å². The van der Waals surface area contributed by atoms with Crippen molar-refractivity contribution in [2.45, 2.75) is 33.2 Å². The number of hydrogen-bond donors (Lipinski definition) is 2. The van der Waals surface area contributed by atoms with E-state index in [9.17, 15) is 8.42 Å². The monoisotopic (exact) mass is 309 g/mol. The Morgan fingerprint density at radius 3 is 2.67 bits per heavy atom. The highest BCUT2D eigenvalue weighted by Crippen LogP contribution is 2.08. The van der Waals surface area contributed by atoms with Crippen molar-refractivity contribution in [2.75, 3.05) is 12.4 Å². The third-order valence-electron chi connectivity index (χ3n) is 2.92. The van der Waals surface area contributed by atoms with Crippen LogP contribution in [0.5, 0.6) is 0 Å². The number of benzene rings is 1. The Morgan fingerprint density at radius 1 is 1.29 bits per heavy atom. The molecule has 0 unspecified atom stereocenters. The SMILES string of the molecule is CC(C)CCS(=O)(=O)NCc1ccccc1C#CCCO. The molecule has 0 aliphatic heterocycles. The molecule has 4 nitrogen and oxygen atoms in total. The van der Waals surface area contributed by atoms with Gasteiger partial charge in [0.05, 0.1) is 12.4 Å². The molecule has 2 N–H and O–H groups in total. The fourth-order valence-corrected chi connectivity index (χ4v) is 2.96. The van der Waals surface area contributed by atoms with E-state index in [1.807, 2.05) is 38.1 Å². The Morgan fingerprint density at radius 2 is 2.00 bits per heavy atom. The summed E-state index contributed by atoms with van der Waals surface area (Å²) in [5.74, 6) is 6.31. The first-order valence-electron chi connectivity index (χ1n) is 7.09. The van der Waals surface area contributed by atoms with Crippen LogP contribution in [0.4, 0.5) is 0 Å². The second-order valence-corrected chi connectivity index (χ2v) is 7.18. The first kappa shape index (κ1) is 17.7. The summed E-state index contributed by atoms with van der Waals surface area (Å²) in [6, 6.07) is 7.42. The van der Waals surface area contributed by atoms with E-state index in [-0.39, 0.29) is 18.9 Å². The fourth-order valence-electron chi connectivity index (χ4n) is 1.66. The molecule has 0 amide bonds. The highest BCUT2D eigenvalue weighted by Gasteiger charge is 2.11. The summed E-state index contributed by atoms with van der Waals surface area (Å²) in [4.78, 5) is 0. The third kappa shape index (κ3) is 7.28. The normalized spacial score (nSPS) is 11.2. The molecule has 1 aromatic rings. The molecule has 0 radical (unpaired) electrons. The number of hydrogen-bond acceptors (Lipinski definition) is 3. The molecule has 0 heterocycles. The van der Waals surface area contributed by atoms with Crippen molar-refractivity contribution < 1.29 is 13.5 Å². The zero-order valence-corrected chi connectivity index (χ0v) is 13.4. The van der Waals surface area contributed by atoms with Crippen molar-refractivity contribution in [3.8, 4) is 11.8 Å². The van der Waals surface area contributed by atoms with Crippen LogP contribution in [0.2, 0.25) is 0 Å². The molecular formula is C16H23NO3S. The average molecular weight is 309 g/mol. The van der Waals surface area contributed by atoms with Gasteiger partial charge in [0.2, 0.25) is 10.0 Å². The van der Waals surface area contributed by atoms with Gasteiger partial charge < -0.3 is 5.11 Å². The van der Waals surface area contributed by atoms with Gasteiger partial charge in [0.15, 0.2) is 0 Å². The van der Waals surface area contributed by atoms with E-state index >= 15 is 0 Å². The van der Waals surface area contributed by atoms with Crippen LogP contribution in [0.1, 0.15) is 37.8 Å². The van der Waals surface area contributed by atoms with Gasteiger partial charge in [0.1, 0.15) is 0 Å². The van der Waals surface area contributed by atoms with Gasteiger partial charge in [-0.05, 0) is 24.0 Å². The maximum Gasteiger partial charge on any atom is 0.211 e. The zero-order valence-electron chi connectivity index (χ0n) is 12.6. The van der Waals surface area contributed by atoms with Crippen LogP contribution in [0.25, 0.3) is 0 Å². The van der Waals surface area contributed by atoms with E-state index < -0.39 is 10.0 Å². The number of nitrogens with one attached hydrogen (secondary N) is 1. The van der Waals surface area contributed by atoms with Gasteiger partial charge in [-0.3, -0.25) is 0 Å². The summed E-state index contributed by atoms with van der Waals surface area (Å²) in [5.41, 5.74) is 1.63. The molecule has 0 atom stereocenters. The van der Waals surface area contributed by atoms with Crippen LogP contribution in [-0.4, -0.2) is 25.9 Å². The highest BCUT2D eigenvalue weighted by molar-refractivity contribution is 7.89. The van der Waals surface area contributed by atoms with Crippen molar-refractivity contribution in [1.82, 2.24) is 4.72 Å². The maximum atomic E-state index is 11.9. The predicted molar refractivity (Wildman–Crippen MR) is 85.1 cm³/mol. The summed E-state index contributed by atoms with van der Waals surface area (Å²) in [7, 11) is -3.25. The molecule has 1 aromatic carbocycles. The standard InChI is InChI=1S/C16H23NO3S/c1-14(2)10-12-21(19,20)17-13-16-9-4-3-7-15(16)8-5-6-11-18/h3-4,7,9,14,17-18H,6,10-13H2,1-2H3. The lowest BCUT2D eigenvalue weighted by atomic mass is 10.1. The molecule has 1 rings (SSSR count). The Hall–Kier alpha value is -1.35. The van der Waals surface area contributed by atoms with Crippen molar-refractivity contribution >= 4 is 10.0 Å². The van der Waals surface area contributed by atoms with Crippen LogP contribution in [0, 0.1) is 17.8 Å². The van der Waals surface area contributed by atoms with Crippen LogP contribution >= 0.6 is 0 Å². The molecule has 0 saturated heterocycles. The molecule has 21 heavy (non-hydrogen) atoms. The van der Waals surface area contributed by atoms with Crippen LogP contribution in [0.3, 0.4) is 0 Å². The first-order chi connectivity index (χ1) is 9.94. The molecule has 5 heteroatoms. The van der Waals surface area contributed by atoms with Gasteiger partial charge in [-0.15, -0.1) is 0 Å². The van der Waals surface area contributed by atoms with Gasteiger partial charge in [-0.2, -0.15) is 0 Å². The number of aliphatic hydroxyl groups excluding tert-OH is 1. The summed E-state index contributed by atoms with van der Waals surface area (Å²) in [5, 5.41) is 8.73. The summed E-state index contributed by atoms with van der Waals surface area (Å²) in [6.07, 6.45) is 1.06. The lowest BCUT2D eigenvalue weighted by Gasteiger charge is -2.09. The minimum absolute atomic E-state index is 0.0248. The maximum absolute atomic E-state index is 11.9. The molecule has 0 saturated carbocycles. The van der Waals surface area contributed by atoms with Crippen molar-refractivity contribution in [3.05, 3.63) is 35.4 Å². The highest BCUT2D eigenvalue weighted by atomic mass is 32.2. The third-order valence-corrected chi connectivity index (χ3v) is 4.28. The second kappa shape index (κ2) is 8.83. The summed E-state index contributed by atoms with van der Waals surface area (Å²) in [6.45, 7) is 4.27. The smallest absolute Gasteiger partial charge is 0.211 e. The number of sulfonamides is 1. The molecule has 0 aliphatic rings. The fraction of sp³-hybridized carbons (Fsp3) is 0.500. The molecule has 116 valence electrons. The number of rotatable bonds is 7. The van der Waals surface area contributed by atoms with Gasteiger partial charge in [-0.25, -0.2) is 13.1 Å². The van der Waals surface area contributed by atoms with E-state index in [4.69, 9.17) is 5.11 Å². The van der Waals surface area contributed by atoms with Crippen LogP contribution < -0.4 is 4.72 Å².